The van der Waals surface area contributed by atoms with E-state index >= 15 is 0 Å². The third kappa shape index (κ3) is 2.09. The van der Waals surface area contributed by atoms with Crippen LogP contribution in [0.1, 0.15) is 50.2 Å². The van der Waals surface area contributed by atoms with Gasteiger partial charge in [0.1, 0.15) is 5.82 Å². The highest BCUT2D eigenvalue weighted by molar-refractivity contribution is 6.30. The lowest BCUT2D eigenvalue weighted by Gasteiger charge is -2.37. The monoisotopic (exact) mass is 267 g/mol. The van der Waals surface area contributed by atoms with E-state index in [-0.39, 0.29) is 16.8 Å². The van der Waals surface area contributed by atoms with Gasteiger partial charge in [-0.25, -0.2) is 9.18 Å². The maximum atomic E-state index is 13.9. The van der Waals surface area contributed by atoms with Crippen LogP contribution in [0.5, 0.6) is 0 Å². The van der Waals surface area contributed by atoms with E-state index in [1.54, 1.807) is 18.2 Å². The largest absolute Gasteiger partial charge is 0.235 e. The number of rotatable bonds is 3. The summed E-state index contributed by atoms with van der Waals surface area (Å²) in [6, 6.07) is 3.37. The predicted octanol–water partition coefficient (Wildman–Crippen LogP) is 4.32. The first-order chi connectivity index (χ1) is 8.50. The molecule has 1 aromatic rings. The Morgan fingerprint density at radius 1 is 1.44 bits per heavy atom. The van der Waals surface area contributed by atoms with Crippen molar-refractivity contribution < 1.29 is 9.18 Å². The van der Waals surface area contributed by atoms with Crippen molar-refractivity contribution in [3.63, 3.8) is 0 Å². The van der Waals surface area contributed by atoms with Gasteiger partial charge < -0.3 is 0 Å². The van der Waals surface area contributed by atoms with E-state index in [1.807, 2.05) is 13.8 Å². The molecule has 0 aliphatic heterocycles. The first-order valence-corrected chi connectivity index (χ1v) is 6.46. The maximum absolute atomic E-state index is 13.9. The zero-order valence-corrected chi connectivity index (χ0v) is 11.2. The SMILES string of the molecule is CC(C)c1cc(C2(N=C=O)CCC2)cc(Cl)c1F. The number of hydrogen-bond acceptors (Lipinski definition) is 2. The summed E-state index contributed by atoms with van der Waals surface area (Å²) in [4.78, 5) is 14.5. The molecule has 2 nitrogen and oxygen atoms in total. The van der Waals surface area contributed by atoms with Crippen LogP contribution in [-0.4, -0.2) is 6.08 Å². The van der Waals surface area contributed by atoms with Crippen LogP contribution in [0.15, 0.2) is 17.1 Å². The van der Waals surface area contributed by atoms with Gasteiger partial charge >= 0.3 is 0 Å². The highest BCUT2D eigenvalue weighted by atomic mass is 35.5. The lowest BCUT2D eigenvalue weighted by molar-refractivity contribution is 0.255. The Kier molecular flexibility index (Phi) is 3.56. The molecule has 4 heteroatoms. The molecule has 0 atom stereocenters. The van der Waals surface area contributed by atoms with Crippen molar-refractivity contribution in [3.8, 4) is 0 Å². The van der Waals surface area contributed by atoms with Gasteiger partial charge in [-0.2, -0.15) is 4.99 Å². The number of nitrogens with zero attached hydrogens (tertiary/aromatic N) is 1. The van der Waals surface area contributed by atoms with Crippen molar-refractivity contribution in [1.29, 1.82) is 0 Å². The summed E-state index contributed by atoms with van der Waals surface area (Å²) in [6.45, 7) is 3.82. The molecular weight excluding hydrogens is 253 g/mol. The van der Waals surface area contributed by atoms with Gasteiger partial charge in [0.05, 0.1) is 10.6 Å². The Balaban J connectivity index is 2.55. The average Bonchev–Trinajstić information content (AvgIpc) is 2.26. The quantitative estimate of drug-likeness (QED) is 0.592. The van der Waals surface area contributed by atoms with E-state index in [4.69, 9.17) is 11.6 Å². The van der Waals surface area contributed by atoms with Crippen LogP contribution in [0.4, 0.5) is 4.39 Å². The van der Waals surface area contributed by atoms with E-state index in [0.29, 0.717) is 5.56 Å². The van der Waals surface area contributed by atoms with E-state index in [1.165, 1.54) is 0 Å². The fraction of sp³-hybridized carbons (Fsp3) is 0.500. The lowest BCUT2D eigenvalue weighted by Crippen LogP contribution is -2.32. The van der Waals surface area contributed by atoms with Crippen molar-refractivity contribution in [1.82, 2.24) is 0 Å². The van der Waals surface area contributed by atoms with Crippen molar-refractivity contribution >= 4 is 17.7 Å². The lowest BCUT2D eigenvalue weighted by atomic mass is 9.72. The molecule has 1 aliphatic carbocycles. The second-order valence-electron chi connectivity index (χ2n) is 5.10. The Bertz CT molecular complexity index is 517. The molecule has 0 aromatic heterocycles. The third-order valence-electron chi connectivity index (χ3n) is 3.66. The summed E-state index contributed by atoms with van der Waals surface area (Å²) in [5, 5.41) is 0.101. The van der Waals surface area contributed by atoms with Gasteiger partial charge in [-0.15, -0.1) is 0 Å². The van der Waals surface area contributed by atoms with E-state index < -0.39 is 5.54 Å². The molecule has 1 aromatic carbocycles. The molecule has 0 amide bonds. The van der Waals surface area contributed by atoms with Crippen LogP contribution >= 0.6 is 11.6 Å². The number of halogens is 2. The van der Waals surface area contributed by atoms with Gasteiger partial charge in [-0.1, -0.05) is 31.5 Å². The van der Waals surface area contributed by atoms with Gasteiger partial charge in [-0.3, -0.25) is 0 Å². The Hall–Kier alpha value is -1.18. The Morgan fingerprint density at radius 2 is 2.11 bits per heavy atom. The van der Waals surface area contributed by atoms with E-state index in [2.05, 4.69) is 4.99 Å². The smallest absolute Gasteiger partial charge is 0.211 e. The molecule has 96 valence electrons. The van der Waals surface area contributed by atoms with Crippen molar-refractivity contribution in [3.05, 3.63) is 34.1 Å². The molecule has 1 fully saturated rings. The van der Waals surface area contributed by atoms with Gasteiger partial charge in [0.2, 0.25) is 6.08 Å². The Morgan fingerprint density at radius 3 is 2.56 bits per heavy atom. The zero-order chi connectivity index (χ0) is 13.3. The van der Waals surface area contributed by atoms with Crippen LogP contribution in [0.2, 0.25) is 5.02 Å². The topological polar surface area (TPSA) is 29.4 Å². The minimum atomic E-state index is -0.525. The first kappa shape index (κ1) is 13.3. The molecule has 0 spiro atoms. The minimum Gasteiger partial charge on any atom is -0.211 e. The molecule has 0 unspecified atom stereocenters. The van der Waals surface area contributed by atoms with Crippen LogP contribution in [-0.2, 0) is 10.3 Å². The highest BCUT2D eigenvalue weighted by Gasteiger charge is 2.39. The molecule has 1 aliphatic rings. The summed E-state index contributed by atoms with van der Waals surface area (Å²) in [6.07, 6.45) is 4.23. The van der Waals surface area contributed by atoms with Crippen molar-refractivity contribution in [2.45, 2.75) is 44.6 Å². The molecule has 0 radical (unpaired) electrons. The summed E-state index contributed by atoms with van der Waals surface area (Å²) >= 11 is 5.94. The molecule has 0 saturated heterocycles. The molecule has 0 heterocycles. The number of isocyanates is 1. The fourth-order valence-corrected chi connectivity index (χ4v) is 2.59. The minimum absolute atomic E-state index is 0.0415. The van der Waals surface area contributed by atoms with E-state index in [9.17, 15) is 9.18 Å². The standard InChI is InChI=1S/C14H15ClFNO/c1-9(2)11-6-10(7-12(15)13(11)16)14(17-8-18)4-3-5-14/h6-7,9H,3-5H2,1-2H3. The molecule has 1 saturated carbocycles. The average molecular weight is 268 g/mol. The van der Waals surface area contributed by atoms with Crippen LogP contribution < -0.4 is 0 Å². The van der Waals surface area contributed by atoms with Crippen LogP contribution in [0, 0.1) is 5.82 Å². The molecule has 18 heavy (non-hydrogen) atoms. The van der Waals surface area contributed by atoms with Crippen molar-refractivity contribution in [2.24, 2.45) is 4.99 Å². The van der Waals surface area contributed by atoms with Gasteiger partial charge in [-0.05, 0) is 42.4 Å². The first-order valence-electron chi connectivity index (χ1n) is 6.08. The normalized spacial score (nSPS) is 17.2. The number of hydrogen-bond donors (Lipinski definition) is 0. The summed E-state index contributed by atoms with van der Waals surface area (Å²) in [7, 11) is 0. The number of benzene rings is 1. The molecule has 2 rings (SSSR count). The number of carbonyl (C=O) groups excluding carboxylic acids is 1. The van der Waals surface area contributed by atoms with Crippen LogP contribution in [0.25, 0.3) is 0 Å². The Labute approximate surface area is 111 Å². The summed E-state index contributed by atoms with van der Waals surface area (Å²) in [5.41, 5.74) is 0.875. The van der Waals surface area contributed by atoms with Gasteiger partial charge in [0, 0.05) is 0 Å². The molecule has 0 N–H and O–H groups in total. The zero-order valence-electron chi connectivity index (χ0n) is 10.5. The second kappa shape index (κ2) is 4.83. The maximum Gasteiger partial charge on any atom is 0.235 e. The highest BCUT2D eigenvalue weighted by Crippen LogP contribution is 2.46. The van der Waals surface area contributed by atoms with Gasteiger partial charge in [0.25, 0.3) is 0 Å². The summed E-state index contributed by atoms with van der Waals surface area (Å²) in [5.74, 6) is -0.334. The van der Waals surface area contributed by atoms with E-state index in [0.717, 1.165) is 24.8 Å². The summed E-state index contributed by atoms with van der Waals surface area (Å²) < 4.78 is 13.9. The fourth-order valence-electron chi connectivity index (χ4n) is 2.36. The van der Waals surface area contributed by atoms with Crippen LogP contribution in [0.3, 0.4) is 0 Å². The predicted molar refractivity (Wildman–Crippen MR) is 69.1 cm³/mol. The molecule has 0 bridgehead atoms. The van der Waals surface area contributed by atoms with Crippen molar-refractivity contribution in [2.75, 3.05) is 0 Å². The second-order valence-corrected chi connectivity index (χ2v) is 5.51. The number of aliphatic imine (C=N–C) groups is 1. The molecular formula is C14H15ClFNO. The third-order valence-corrected chi connectivity index (χ3v) is 3.93. The van der Waals surface area contributed by atoms with Gasteiger partial charge in [0.15, 0.2) is 0 Å².